The molecular formula is C9H18O2. The molecule has 11 heavy (non-hydrogen) atoms. The Bertz CT molecular complexity index is 142. The second kappa shape index (κ2) is 2.76. The highest BCUT2D eigenvalue weighted by Crippen LogP contribution is 2.35. The van der Waals surface area contributed by atoms with Gasteiger partial charge in [0.05, 0.1) is 6.10 Å². The van der Waals surface area contributed by atoms with Crippen LogP contribution < -0.4 is 0 Å². The van der Waals surface area contributed by atoms with Gasteiger partial charge in [0.25, 0.3) is 0 Å². The van der Waals surface area contributed by atoms with Crippen LogP contribution in [-0.4, -0.2) is 17.0 Å². The van der Waals surface area contributed by atoms with Gasteiger partial charge in [-0.1, -0.05) is 13.8 Å². The number of rotatable bonds is 0. The third-order valence-corrected chi connectivity index (χ3v) is 2.84. The first-order chi connectivity index (χ1) is 4.93. The van der Waals surface area contributed by atoms with Crippen LogP contribution in [0.1, 0.15) is 34.1 Å². The van der Waals surface area contributed by atoms with Gasteiger partial charge in [-0.3, -0.25) is 0 Å². The molecule has 66 valence electrons. The molecule has 0 aromatic carbocycles. The van der Waals surface area contributed by atoms with E-state index in [0.717, 1.165) is 6.42 Å². The molecule has 2 nitrogen and oxygen atoms in total. The van der Waals surface area contributed by atoms with Crippen molar-refractivity contribution in [3.05, 3.63) is 0 Å². The maximum absolute atomic E-state index is 9.76. The Kier molecular flexibility index (Phi) is 2.26. The number of ether oxygens (including phenoxy) is 1. The molecule has 1 saturated heterocycles. The Hall–Kier alpha value is -0.0800. The molecule has 2 heteroatoms. The standard InChI is InChI=1S/C9H18O2/c1-6-5-7(2)11-9(4,10)8(6)3/h6-8,10H,5H2,1-4H3/t6-,7+,8+,9?/m0/s1. The summed E-state index contributed by atoms with van der Waals surface area (Å²) in [6, 6.07) is 0. The summed E-state index contributed by atoms with van der Waals surface area (Å²) in [7, 11) is 0. The van der Waals surface area contributed by atoms with Crippen LogP contribution >= 0.6 is 0 Å². The molecule has 4 atom stereocenters. The predicted molar refractivity (Wildman–Crippen MR) is 44.1 cm³/mol. The van der Waals surface area contributed by atoms with Gasteiger partial charge >= 0.3 is 0 Å². The van der Waals surface area contributed by atoms with Crippen molar-refractivity contribution in [3.8, 4) is 0 Å². The van der Waals surface area contributed by atoms with Gasteiger partial charge in [-0.2, -0.15) is 0 Å². The van der Waals surface area contributed by atoms with E-state index in [-0.39, 0.29) is 12.0 Å². The van der Waals surface area contributed by atoms with E-state index in [1.54, 1.807) is 6.92 Å². The van der Waals surface area contributed by atoms with Gasteiger partial charge in [-0.25, -0.2) is 0 Å². The van der Waals surface area contributed by atoms with Crippen LogP contribution in [0.3, 0.4) is 0 Å². The highest BCUT2D eigenvalue weighted by atomic mass is 16.6. The van der Waals surface area contributed by atoms with E-state index in [4.69, 9.17) is 4.74 Å². The van der Waals surface area contributed by atoms with Gasteiger partial charge < -0.3 is 9.84 Å². The molecule has 0 spiro atoms. The summed E-state index contributed by atoms with van der Waals surface area (Å²) in [5.41, 5.74) is 0. The summed E-state index contributed by atoms with van der Waals surface area (Å²) in [6.07, 6.45) is 1.24. The van der Waals surface area contributed by atoms with Crippen molar-refractivity contribution in [1.82, 2.24) is 0 Å². The highest BCUT2D eigenvalue weighted by Gasteiger charge is 2.39. The van der Waals surface area contributed by atoms with E-state index in [2.05, 4.69) is 6.92 Å². The molecule has 0 amide bonds. The fourth-order valence-corrected chi connectivity index (χ4v) is 1.82. The fraction of sp³-hybridized carbons (Fsp3) is 1.00. The number of aliphatic hydroxyl groups is 1. The van der Waals surface area contributed by atoms with Crippen molar-refractivity contribution in [1.29, 1.82) is 0 Å². The van der Waals surface area contributed by atoms with E-state index >= 15 is 0 Å². The lowest BCUT2D eigenvalue weighted by atomic mass is 9.82. The first kappa shape index (κ1) is 9.01. The Morgan fingerprint density at radius 1 is 1.36 bits per heavy atom. The van der Waals surface area contributed by atoms with E-state index in [1.165, 1.54) is 0 Å². The van der Waals surface area contributed by atoms with Gasteiger partial charge in [-0.05, 0) is 26.2 Å². The average molecular weight is 158 g/mol. The van der Waals surface area contributed by atoms with Crippen molar-refractivity contribution in [2.75, 3.05) is 0 Å². The first-order valence-electron chi connectivity index (χ1n) is 4.33. The van der Waals surface area contributed by atoms with E-state index in [0.29, 0.717) is 5.92 Å². The van der Waals surface area contributed by atoms with Crippen LogP contribution in [-0.2, 0) is 4.74 Å². The molecule has 1 rings (SSSR count). The summed E-state index contributed by atoms with van der Waals surface area (Å²) in [4.78, 5) is 0. The third-order valence-electron chi connectivity index (χ3n) is 2.84. The maximum atomic E-state index is 9.76. The second-order valence-corrected chi connectivity index (χ2v) is 3.98. The third kappa shape index (κ3) is 1.74. The topological polar surface area (TPSA) is 29.5 Å². The second-order valence-electron chi connectivity index (χ2n) is 3.98. The van der Waals surface area contributed by atoms with Crippen LogP contribution in [0, 0.1) is 11.8 Å². The smallest absolute Gasteiger partial charge is 0.165 e. The van der Waals surface area contributed by atoms with Crippen LogP contribution in [0.25, 0.3) is 0 Å². The number of hydrogen-bond donors (Lipinski definition) is 1. The molecule has 0 saturated carbocycles. The number of hydrogen-bond acceptors (Lipinski definition) is 2. The lowest BCUT2D eigenvalue weighted by molar-refractivity contribution is -0.277. The van der Waals surface area contributed by atoms with Gasteiger partial charge in [0.2, 0.25) is 0 Å². The summed E-state index contributed by atoms with van der Waals surface area (Å²) < 4.78 is 5.41. The predicted octanol–water partition coefficient (Wildman–Crippen LogP) is 1.78. The molecule has 1 N–H and O–H groups in total. The zero-order valence-corrected chi connectivity index (χ0v) is 7.79. The minimum absolute atomic E-state index is 0.191. The van der Waals surface area contributed by atoms with E-state index < -0.39 is 5.79 Å². The van der Waals surface area contributed by atoms with Crippen molar-refractivity contribution >= 4 is 0 Å². The van der Waals surface area contributed by atoms with Gasteiger partial charge in [0.15, 0.2) is 5.79 Å². The molecule has 1 fully saturated rings. The zero-order chi connectivity index (χ0) is 8.65. The summed E-state index contributed by atoms with van der Waals surface area (Å²) in [5.74, 6) is -0.135. The summed E-state index contributed by atoms with van der Waals surface area (Å²) >= 11 is 0. The molecule has 1 aliphatic heterocycles. The van der Waals surface area contributed by atoms with Crippen LogP contribution in [0.5, 0.6) is 0 Å². The minimum atomic E-state index is -0.920. The first-order valence-corrected chi connectivity index (χ1v) is 4.33. The molecule has 1 unspecified atom stereocenters. The minimum Gasteiger partial charge on any atom is -0.365 e. The maximum Gasteiger partial charge on any atom is 0.165 e. The molecule has 1 heterocycles. The molecular weight excluding hydrogens is 140 g/mol. The van der Waals surface area contributed by atoms with E-state index in [9.17, 15) is 5.11 Å². The molecule has 0 bridgehead atoms. The lowest BCUT2D eigenvalue weighted by Gasteiger charge is -2.42. The lowest BCUT2D eigenvalue weighted by Crippen LogP contribution is -2.47. The van der Waals surface area contributed by atoms with E-state index in [1.807, 2.05) is 13.8 Å². The quantitative estimate of drug-likeness (QED) is 0.582. The fourth-order valence-electron chi connectivity index (χ4n) is 1.82. The largest absolute Gasteiger partial charge is 0.365 e. The van der Waals surface area contributed by atoms with Crippen LogP contribution in [0.2, 0.25) is 0 Å². The van der Waals surface area contributed by atoms with Crippen molar-refractivity contribution in [2.45, 2.75) is 46.0 Å². The summed E-state index contributed by atoms with van der Waals surface area (Å²) in [5, 5.41) is 9.76. The van der Waals surface area contributed by atoms with Crippen molar-refractivity contribution in [2.24, 2.45) is 11.8 Å². The van der Waals surface area contributed by atoms with Gasteiger partial charge in [0.1, 0.15) is 0 Å². The van der Waals surface area contributed by atoms with Crippen molar-refractivity contribution in [3.63, 3.8) is 0 Å². The molecule has 0 aromatic heterocycles. The highest BCUT2D eigenvalue weighted by molar-refractivity contribution is 4.81. The monoisotopic (exact) mass is 158 g/mol. The normalized spacial score (nSPS) is 52.6. The molecule has 0 radical (unpaired) electrons. The molecule has 0 aromatic rings. The van der Waals surface area contributed by atoms with Crippen LogP contribution in [0.4, 0.5) is 0 Å². The van der Waals surface area contributed by atoms with Gasteiger partial charge in [0, 0.05) is 5.92 Å². The Morgan fingerprint density at radius 3 is 2.36 bits per heavy atom. The van der Waals surface area contributed by atoms with Crippen LogP contribution in [0.15, 0.2) is 0 Å². The molecule has 1 aliphatic rings. The van der Waals surface area contributed by atoms with Crippen molar-refractivity contribution < 1.29 is 9.84 Å². The Morgan fingerprint density at radius 2 is 1.91 bits per heavy atom. The Labute approximate surface area is 68.6 Å². The molecule has 0 aliphatic carbocycles. The Balaban J connectivity index is 2.67. The van der Waals surface area contributed by atoms with Gasteiger partial charge in [-0.15, -0.1) is 0 Å². The zero-order valence-electron chi connectivity index (χ0n) is 7.79. The SMILES string of the molecule is C[C@@H]1C[C@H](C)[C@@H](C)C(C)(O)O1. The summed E-state index contributed by atoms with van der Waals surface area (Å²) in [6.45, 7) is 7.97. The average Bonchev–Trinajstić information content (AvgIpc) is 1.81.